The summed E-state index contributed by atoms with van der Waals surface area (Å²) < 4.78 is 0. The van der Waals surface area contributed by atoms with E-state index in [1.807, 2.05) is 0 Å². The maximum Gasteiger partial charge on any atom is 0.0198 e. The van der Waals surface area contributed by atoms with Crippen molar-refractivity contribution in [3.8, 4) is 0 Å². The molecule has 1 aliphatic heterocycles. The first-order valence-corrected chi connectivity index (χ1v) is 9.32. The van der Waals surface area contributed by atoms with Gasteiger partial charge in [0.25, 0.3) is 0 Å². The Labute approximate surface area is 133 Å². The molecule has 0 amide bonds. The fourth-order valence-electron chi connectivity index (χ4n) is 4.00. The summed E-state index contributed by atoms with van der Waals surface area (Å²) in [6, 6.07) is 1.58. The lowest BCUT2D eigenvalue weighted by Gasteiger charge is -2.45. The molecule has 1 heterocycles. The van der Waals surface area contributed by atoms with Crippen molar-refractivity contribution >= 4 is 0 Å². The highest BCUT2D eigenvalue weighted by Gasteiger charge is 2.33. The van der Waals surface area contributed by atoms with Crippen molar-refractivity contribution in [1.29, 1.82) is 0 Å². The largest absolute Gasteiger partial charge is 0.312 e. The molecule has 2 heteroatoms. The number of piperidine rings is 1. The van der Waals surface area contributed by atoms with Crippen molar-refractivity contribution < 1.29 is 0 Å². The van der Waals surface area contributed by atoms with Gasteiger partial charge in [0, 0.05) is 31.7 Å². The van der Waals surface area contributed by atoms with Gasteiger partial charge in [-0.25, -0.2) is 0 Å². The quantitative estimate of drug-likeness (QED) is 0.831. The highest BCUT2D eigenvalue weighted by molar-refractivity contribution is 4.89. The maximum atomic E-state index is 3.87. The summed E-state index contributed by atoms with van der Waals surface area (Å²) >= 11 is 0. The SMILES string of the molecule is CC(C)C1CC(NCC(C)(C)C)CN(C2CCCCC2)C1. The number of nitrogens with zero attached hydrogens (tertiary/aromatic N) is 1. The van der Waals surface area contributed by atoms with Crippen LogP contribution in [0.15, 0.2) is 0 Å². The highest BCUT2D eigenvalue weighted by atomic mass is 15.2. The normalized spacial score (nSPS) is 30.0. The molecule has 0 bridgehead atoms. The van der Waals surface area contributed by atoms with Crippen LogP contribution in [0, 0.1) is 17.3 Å². The lowest BCUT2D eigenvalue weighted by Crippen LogP contribution is -2.54. The molecule has 2 aliphatic rings. The lowest BCUT2D eigenvalue weighted by atomic mass is 9.83. The van der Waals surface area contributed by atoms with Crippen molar-refractivity contribution in [3.63, 3.8) is 0 Å². The van der Waals surface area contributed by atoms with Crippen LogP contribution in [0.5, 0.6) is 0 Å². The van der Waals surface area contributed by atoms with Gasteiger partial charge in [-0.1, -0.05) is 53.9 Å². The van der Waals surface area contributed by atoms with Crippen LogP contribution in [0.2, 0.25) is 0 Å². The van der Waals surface area contributed by atoms with E-state index in [2.05, 4.69) is 44.8 Å². The highest BCUT2D eigenvalue weighted by Crippen LogP contribution is 2.30. The monoisotopic (exact) mass is 294 g/mol. The molecule has 124 valence electrons. The average Bonchev–Trinajstić information content (AvgIpc) is 2.45. The van der Waals surface area contributed by atoms with Gasteiger partial charge in [0.05, 0.1) is 0 Å². The topological polar surface area (TPSA) is 15.3 Å². The van der Waals surface area contributed by atoms with E-state index >= 15 is 0 Å². The molecule has 2 nitrogen and oxygen atoms in total. The van der Waals surface area contributed by atoms with Gasteiger partial charge in [0.1, 0.15) is 0 Å². The molecular formula is C19H38N2. The molecule has 0 aromatic carbocycles. The summed E-state index contributed by atoms with van der Waals surface area (Å²) in [4.78, 5) is 2.84. The number of hydrogen-bond acceptors (Lipinski definition) is 2. The second-order valence-electron chi connectivity index (χ2n) is 9.12. The standard InChI is InChI=1S/C19H38N2/c1-15(2)16-11-17(20-14-19(3,4)5)13-21(12-16)18-9-7-6-8-10-18/h15-18,20H,6-14H2,1-5H3. The zero-order chi connectivity index (χ0) is 15.5. The zero-order valence-corrected chi connectivity index (χ0v) is 15.1. The van der Waals surface area contributed by atoms with E-state index in [1.165, 1.54) is 51.6 Å². The smallest absolute Gasteiger partial charge is 0.0198 e. The minimum absolute atomic E-state index is 0.389. The van der Waals surface area contributed by atoms with Crippen LogP contribution in [-0.2, 0) is 0 Å². The lowest BCUT2D eigenvalue weighted by molar-refractivity contribution is 0.0596. The molecule has 0 radical (unpaired) electrons. The number of rotatable bonds is 4. The van der Waals surface area contributed by atoms with Crippen molar-refractivity contribution in [1.82, 2.24) is 10.2 Å². The Morgan fingerprint density at radius 2 is 1.71 bits per heavy atom. The Bertz CT molecular complexity index is 299. The molecule has 1 N–H and O–H groups in total. The predicted octanol–water partition coefficient (Wildman–Crippen LogP) is 4.30. The molecule has 21 heavy (non-hydrogen) atoms. The Morgan fingerprint density at radius 1 is 1.05 bits per heavy atom. The van der Waals surface area contributed by atoms with Crippen LogP contribution in [0.1, 0.15) is 73.1 Å². The summed E-state index contributed by atoms with van der Waals surface area (Å²) in [6.07, 6.45) is 8.62. The molecule has 2 unspecified atom stereocenters. The minimum Gasteiger partial charge on any atom is -0.312 e. The van der Waals surface area contributed by atoms with E-state index < -0.39 is 0 Å². The number of hydrogen-bond donors (Lipinski definition) is 1. The van der Waals surface area contributed by atoms with Crippen molar-refractivity contribution in [2.75, 3.05) is 19.6 Å². The molecule has 1 saturated carbocycles. The fraction of sp³-hybridized carbons (Fsp3) is 1.00. The predicted molar refractivity (Wildman–Crippen MR) is 92.6 cm³/mol. The van der Waals surface area contributed by atoms with Gasteiger partial charge >= 0.3 is 0 Å². The first-order valence-electron chi connectivity index (χ1n) is 9.32. The Morgan fingerprint density at radius 3 is 2.29 bits per heavy atom. The fourth-order valence-corrected chi connectivity index (χ4v) is 4.00. The van der Waals surface area contributed by atoms with E-state index in [0.29, 0.717) is 11.5 Å². The second-order valence-corrected chi connectivity index (χ2v) is 9.12. The van der Waals surface area contributed by atoms with Gasteiger partial charge in [0.15, 0.2) is 0 Å². The van der Waals surface area contributed by atoms with Crippen molar-refractivity contribution in [2.24, 2.45) is 17.3 Å². The summed E-state index contributed by atoms with van der Waals surface area (Å²) in [7, 11) is 0. The van der Waals surface area contributed by atoms with Gasteiger partial charge in [-0.05, 0) is 36.5 Å². The van der Waals surface area contributed by atoms with Crippen molar-refractivity contribution in [3.05, 3.63) is 0 Å². The van der Waals surface area contributed by atoms with Crippen LogP contribution in [0.25, 0.3) is 0 Å². The van der Waals surface area contributed by atoms with Crippen LogP contribution < -0.4 is 5.32 Å². The maximum absolute atomic E-state index is 3.87. The van der Waals surface area contributed by atoms with Crippen LogP contribution >= 0.6 is 0 Å². The zero-order valence-electron chi connectivity index (χ0n) is 15.1. The third-order valence-electron chi connectivity index (χ3n) is 5.47. The molecule has 0 aromatic heterocycles. The van der Waals surface area contributed by atoms with Gasteiger partial charge < -0.3 is 5.32 Å². The van der Waals surface area contributed by atoms with E-state index in [-0.39, 0.29) is 0 Å². The van der Waals surface area contributed by atoms with Crippen LogP contribution in [-0.4, -0.2) is 36.6 Å². The first kappa shape index (κ1) is 17.3. The molecule has 1 saturated heterocycles. The summed E-state index contributed by atoms with van der Waals surface area (Å²) in [5.41, 5.74) is 0.389. The summed E-state index contributed by atoms with van der Waals surface area (Å²) in [5, 5.41) is 3.87. The second kappa shape index (κ2) is 7.46. The molecule has 2 fully saturated rings. The molecule has 2 atom stereocenters. The minimum atomic E-state index is 0.389. The van der Waals surface area contributed by atoms with Gasteiger partial charge in [-0.3, -0.25) is 4.90 Å². The first-order chi connectivity index (χ1) is 9.85. The summed E-state index contributed by atoms with van der Waals surface area (Å²) in [6.45, 7) is 15.6. The average molecular weight is 295 g/mol. The van der Waals surface area contributed by atoms with E-state index in [1.54, 1.807) is 0 Å². The van der Waals surface area contributed by atoms with Gasteiger partial charge in [0.2, 0.25) is 0 Å². The Kier molecular flexibility index (Phi) is 6.14. The van der Waals surface area contributed by atoms with Crippen LogP contribution in [0.3, 0.4) is 0 Å². The van der Waals surface area contributed by atoms with E-state index in [0.717, 1.165) is 24.4 Å². The molecule has 0 aromatic rings. The molecule has 0 spiro atoms. The molecule has 1 aliphatic carbocycles. The van der Waals surface area contributed by atoms with Gasteiger partial charge in [-0.15, -0.1) is 0 Å². The molecular weight excluding hydrogens is 256 g/mol. The van der Waals surface area contributed by atoms with Gasteiger partial charge in [-0.2, -0.15) is 0 Å². The summed E-state index contributed by atoms with van der Waals surface area (Å²) in [5.74, 6) is 1.69. The Balaban J connectivity index is 1.94. The molecule has 2 rings (SSSR count). The van der Waals surface area contributed by atoms with Crippen LogP contribution in [0.4, 0.5) is 0 Å². The Hall–Kier alpha value is -0.0800. The number of likely N-dealkylation sites (tertiary alicyclic amines) is 1. The number of nitrogens with one attached hydrogen (secondary N) is 1. The van der Waals surface area contributed by atoms with E-state index in [9.17, 15) is 0 Å². The van der Waals surface area contributed by atoms with E-state index in [4.69, 9.17) is 0 Å². The van der Waals surface area contributed by atoms with Crippen molar-refractivity contribution in [2.45, 2.75) is 85.2 Å². The third-order valence-corrected chi connectivity index (χ3v) is 5.47. The third kappa shape index (κ3) is 5.56.